The third kappa shape index (κ3) is 35.7. The molecule has 0 aliphatic carbocycles. The summed E-state index contributed by atoms with van der Waals surface area (Å²) in [5.74, 6) is -0.728. The molecular weight excluding hydrogens is 1440 g/mol. The number of aldehydes is 1. The molecular formula is C84H136N10O18. The molecule has 28 nitrogen and oxygen atoms in total. The van der Waals surface area contributed by atoms with Crippen LogP contribution in [0.4, 0.5) is 24.0 Å². The molecule has 5 aromatic carbocycles. The van der Waals surface area contributed by atoms with Crippen LogP contribution in [-0.2, 0) is 48.3 Å². The third-order valence-electron chi connectivity index (χ3n) is 16.6. The van der Waals surface area contributed by atoms with Gasteiger partial charge in [0.25, 0.3) is 0 Å². The van der Waals surface area contributed by atoms with Crippen molar-refractivity contribution in [2.75, 3.05) is 111 Å². The number of hydrogen-bond donors (Lipinski definition) is 6. The van der Waals surface area contributed by atoms with Gasteiger partial charge in [-0.1, -0.05) is 236 Å². The molecule has 0 bridgehead atoms. The van der Waals surface area contributed by atoms with E-state index in [4.69, 9.17) is 34.7 Å². The number of ether oxygens (including phenoxy) is 3. The first-order valence-electron chi connectivity index (χ1n) is 36.3. The van der Waals surface area contributed by atoms with Crippen molar-refractivity contribution in [1.82, 2.24) is 45.3 Å². The topological polar surface area (TPSA) is 325 Å². The smallest absolute Gasteiger partial charge is 0.324 e. The minimum Gasteiger partial charge on any atom is -0.469 e. The lowest BCUT2D eigenvalue weighted by Gasteiger charge is -2.40. The molecule has 10 amide bonds. The third-order valence-corrected chi connectivity index (χ3v) is 16.6. The zero-order valence-corrected chi connectivity index (χ0v) is 70.0. The van der Waals surface area contributed by atoms with E-state index < -0.39 is 18.2 Å². The Kier molecular flexibility index (Phi) is 64.0. The van der Waals surface area contributed by atoms with Gasteiger partial charge in [-0.15, -0.1) is 0 Å². The van der Waals surface area contributed by atoms with Gasteiger partial charge >= 0.3 is 36.1 Å². The Balaban J connectivity index is -0.000000399. The first-order chi connectivity index (χ1) is 52.8. The molecule has 5 atom stereocenters. The number of benzene rings is 5. The molecule has 0 saturated heterocycles. The van der Waals surface area contributed by atoms with Gasteiger partial charge < -0.3 is 65.3 Å². The number of esters is 1. The van der Waals surface area contributed by atoms with E-state index in [0.29, 0.717) is 13.2 Å². The normalized spacial score (nSPS) is 16.0. The SMILES string of the molecule is C.C.CC.CC.CC.CC.CC.CC1=C(COO)C(c2ccccc2)N(C)C(=O)N1C.CC1=C(COO)C(c2ccccc2)NC(=O)N1C.CNC(N)=O.COC(=O)C(C)C(OC)OC.COOCC1=C(C)N(C)C(=O)N(C)C1c1ccccc1.COOCC1=C(C)N(C)C(=O)NC1c1ccccc1.O=Cc1ccccc1. The molecule has 4 heterocycles. The van der Waals surface area contributed by atoms with Gasteiger partial charge in [-0.25, -0.2) is 53.3 Å². The average Bonchev–Trinajstić information content (AvgIpc) is 0.715. The van der Waals surface area contributed by atoms with Crippen molar-refractivity contribution in [2.45, 2.75) is 149 Å². The van der Waals surface area contributed by atoms with Crippen molar-refractivity contribution in [3.05, 3.63) is 225 Å². The molecule has 0 spiro atoms. The van der Waals surface area contributed by atoms with E-state index in [1.54, 1.807) is 85.8 Å². The summed E-state index contributed by atoms with van der Waals surface area (Å²) < 4.78 is 14.2. The molecule has 28 heteroatoms. The molecule has 5 unspecified atom stereocenters. The summed E-state index contributed by atoms with van der Waals surface area (Å²) in [5, 5.41) is 25.5. The van der Waals surface area contributed by atoms with Gasteiger partial charge in [0.1, 0.15) is 38.6 Å². The molecule has 4 aliphatic heterocycles. The van der Waals surface area contributed by atoms with E-state index in [-0.39, 0.29) is 82.3 Å². The number of allylic oxidation sites excluding steroid dienone is 4. The summed E-state index contributed by atoms with van der Waals surface area (Å²) in [7, 11) is 19.2. The van der Waals surface area contributed by atoms with Crippen LogP contribution in [0.2, 0.25) is 0 Å². The lowest BCUT2D eigenvalue weighted by Crippen LogP contribution is -2.46. The Morgan fingerprint density at radius 2 is 0.732 bits per heavy atom. The van der Waals surface area contributed by atoms with Crippen molar-refractivity contribution in [3.8, 4) is 0 Å². The Hall–Kier alpha value is -9.85. The van der Waals surface area contributed by atoms with E-state index in [2.05, 4.69) is 41.1 Å². The molecule has 0 saturated carbocycles. The highest BCUT2D eigenvalue weighted by atomic mass is 17.2. The number of methoxy groups -OCH3 is 3. The number of nitrogens with two attached hydrogens (primary N) is 1. The van der Waals surface area contributed by atoms with Gasteiger partial charge in [-0.2, -0.15) is 0 Å². The van der Waals surface area contributed by atoms with Crippen LogP contribution in [0.25, 0.3) is 0 Å². The lowest BCUT2D eigenvalue weighted by molar-refractivity contribution is -0.266. The second-order valence-corrected chi connectivity index (χ2v) is 22.4. The molecule has 0 radical (unpaired) electrons. The number of likely N-dealkylation sites (N-methyl/N-ethyl adjacent to an activating group) is 2. The van der Waals surface area contributed by atoms with Crippen molar-refractivity contribution in [2.24, 2.45) is 11.7 Å². The highest BCUT2D eigenvalue weighted by Gasteiger charge is 2.37. The van der Waals surface area contributed by atoms with Gasteiger partial charge in [0, 0.05) is 114 Å². The first-order valence-corrected chi connectivity index (χ1v) is 36.3. The van der Waals surface area contributed by atoms with E-state index >= 15 is 0 Å². The Morgan fingerprint density at radius 1 is 0.464 bits per heavy atom. The number of nitrogens with zero attached hydrogens (tertiary/aromatic N) is 6. The van der Waals surface area contributed by atoms with Gasteiger partial charge in [0.05, 0.1) is 45.5 Å². The molecule has 0 fully saturated rings. The van der Waals surface area contributed by atoms with Crippen molar-refractivity contribution in [1.29, 1.82) is 0 Å². The number of hydrogen-bond acceptors (Lipinski definition) is 18. The largest absolute Gasteiger partial charge is 0.469 e. The van der Waals surface area contributed by atoms with E-state index in [0.717, 1.165) is 79.2 Å². The summed E-state index contributed by atoms with van der Waals surface area (Å²) in [6.45, 7) is 30.0. The highest BCUT2D eigenvalue weighted by Crippen LogP contribution is 2.38. The maximum atomic E-state index is 12.3. The Morgan fingerprint density at radius 3 is 1.00 bits per heavy atom. The number of nitrogens with one attached hydrogen (secondary N) is 3. The summed E-state index contributed by atoms with van der Waals surface area (Å²) in [4.78, 5) is 116. The quantitative estimate of drug-likeness (QED) is 0.0147. The second-order valence-electron chi connectivity index (χ2n) is 22.4. The number of amides is 10. The fourth-order valence-corrected chi connectivity index (χ4v) is 10.5. The van der Waals surface area contributed by atoms with Crippen LogP contribution in [-0.4, -0.2) is 200 Å². The predicted molar refractivity (Wildman–Crippen MR) is 445 cm³/mol. The summed E-state index contributed by atoms with van der Waals surface area (Å²) in [6.07, 6.45) is 0.308. The molecule has 9 rings (SSSR count). The van der Waals surface area contributed by atoms with Crippen LogP contribution in [0, 0.1) is 5.92 Å². The molecule has 5 aromatic rings. The van der Waals surface area contributed by atoms with Crippen LogP contribution < -0.4 is 21.7 Å². The van der Waals surface area contributed by atoms with E-state index in [1.165, 1.54) is 47.5 Å². The predicted octanol–water partition coefficient (Wildman–Crippen LogP) is 17.0. The summed E-state index contributed by atoms with van der Waals surface area (Å²) in [6, 6.07) is 46.5. The van der Waals surface area contributed by atoms with Crippen LogP contribution in [0.1, 0.15) is 175 Å². The minimum absolute atomic E-state index is 0. The van der Waals surface area contributed by atoms with Gasteiger partial charge in [-0.05, 0) is 56.9 Å². The van der Waals surface area contributed by atoms with Crippen molar-refractivity contribution >= 4 is 42.4 Å². The Labute approximate surface area is 669 Å². The van der Waals surface area contributed by atoms with Crippen molar-refractivity contribution in [3.63, 3.8) is 0 Å². The number of primary amides is 1. The highest BCUT2D eigenvalue weighted by molar-refractivity contribution is 5.81. The molecule has 4 aliphatic rings. The lowest BCUT2D eigenvalue weighted by atomic mass is 9.94. The Bertz CT molecular complexity index is 3500. The molecule has 7 N–H and O–H groups in total. The maximum absolute atomic E-state index is 12.3. The van der Waals surface area contributed by atoms with Crippen LogP contribution >= 0.6 is 0 Å². The van der Waals surface area contributed by atoms with Crippen LogP contribution in [0.3, 0.4) is 0 Å². The van der Waals surface area contributed by atoms with Gasteiger partial charge in [0.15, 0.2) is 6.29 Å². The van der Waals surface area contributed by atoms with E-state index in [9.17, 15) is 33.6 Å². The average molecular weight is 1570 g/mol. The van der Waals surface area contributed by atoms with Crippen LogP contribution in [0.15, 0.2) is 197 Å². The summed E-state index contributed by atoms with van der Waals surface area (Å²) >= 11 is 0. The molecule has 112 heavy (non-hydrogen) atoms. The van der Waals surface area contributed by atoms with Gasteiger partial charge in [0.2, 0.25) is 0 Å². The van der Waals surface area contributed by atoms with Gasteiger partial charge in [-0.3, -0.25) is 20.1 Å². The number of urea groups is 5. The van der Waals surface area contributed by atoms with Crippen LogP contribution in [0.5, 0.6) is 0 Å². The minimum atomic E-state index is -0.526. The first kappa shape index (κ1) is 111. The number of rotatable bonds is 19. The fourth-order valence-electron chi connectivity index (χ4n) is 10.5. The van der Waals surface area contributed by atoms with Crippen molar-refractivity contribution < 1.29 is 87.6 Å². The molecule has 0 aromatic heterocycles. The second kappa shape index (κ2) is 64.8. The molecule has 630 valence electrons. The standard InChI is InChI=1S/C15H20N2O3.2C14H18N2O3.C13H16N2O3.C7H14O4.C7H6O.C2H6N2O.5C2H6.2CH4/c1-11-13(10-20-19-4)14(12-8-6-5-7-9-12)17(3)15(18)16(11)2;1-10-12(9-19-18-3)13(15-14(17)16(10)2)11-7-5-4-6-8-11;1-10-12(9-19-18)13(11-7-5-4-6-8-11)16(3)14(17)15(10)2;1-9-11(8-18-17)12(14-13(16)15(9)2)10-6-4-3-5-7-10;1-5(6(8)9-2)7(10-3)11-4;8-6-7-4-2-1-3-5-7;1-4-2(3)5;5*1-2;;/h5-9,14H,10H2,1-4H3;4-8,13H,9H2,1-3H3,(H,15,17);4-8,13,18H,9H2,1-3H3;3-7,12,17H,8H2,1-2H3,(H,14,16);5,7H,1-4H3;1-6H;1H3,(H3,3,4,5);5*1-2H3;2*1H4. The maximum Gasteiger partial charge on any atom is 0.324 e. The number of carbonyl (C=O) groups is 7. The zero-order chi connectivity index (χ0) is 84.6. The zero-order valence-electron chi connectivity index (χ0n) is 70.0. The number of carbonyl (C=O) groups excluding carboxylic acids is 7. The monoisotopic (exact) mass is 1570 g/mol. The summed E-state index contributed by atoms with van der Waals surface area (Å²) in [5.41, 5.74) is 16.4. The van der Waals surface area contributed by atoms with E-state index in [1.807, 2.05) is 236 Å². The fraction of sp³-hybridized carbons (Fsp3) is 0.464.